The highest BCUT2D eigenvalue weighted by Crippen LogP contribution is 2.40. The first-order chi connectivity index (χ1) is 14.3. The number of carbonyl (C=O) groups is 1. The highest BCUT2D eigenvalue weighted by Gasteiger charge is 2.40. The van der Waals surface area contributed by atoms with Gasteiger partial charge in [-0.25, -0.2) is 9.18 Å². The second kappa shape index (κ2) is 7.99. The number of rotatable bonds is 2. The van der Waals surface area contributed by atoms with Crippen LogP contribution in [0.3, 0.4) is 0 Å². The van der Waals surface area contributed by atoms with E-state index in [2.05, 4.69) is 9.72 Å². The van der Waals surface area contributed by atoms with Gasteiger partial charge in [0.25, 0.3) is 0 Å². The molecule has 0 aliphatic carbocycles. The van der Waals surface area contributed by atoms with E-state index in [4.69, 9.17) is 10.5 Å². The van der Waals surface area contributed by atoms with Gasteiger partial charge >= 0.3 is 12.5 Å². The number of halogens is 4. The van der Waals surface area contributed by atoms with Crippen LogP contribution in [0.2, 0.25) is 0 Å². The maximum Gasteiger partial charge on any atom is 0.573 e. The quantitative estimate of drug-likeness (QED) is 0.674. The highest BCUT2D eigenvalue weighted by molar-refractivity contribution is 5.89. The first kappa shape index (κ1) is 22.8. The van der Waals surface area contributed by atoms with Crippen LogP contribution in [-0.4, -0.2) is 29.6 Å². The van der Waals surface area contributed by atoms with Crippen LogP contribution in [0.4, 0.5) is 28.0 Å². The minimum absolute atomic E-state index is 0.213. The van der Waals surface area contributed by atoms with Crippen molar-refractivity contribution in [1.82, 2.24) is 4.98 Å². The second-order valence-electron chi connectivity index (χ2n) is 8.27. The molecular weight excluding hydrogens is 418 g/mol. The Morgan fingerprint density at radius 1 is 1.23 bits per heavy atom. The van der Waals surface area contributed by atoms with E-state index in [0.717, 1.165) is 12.1 Å². The van der Waals surface area contributed by atoms with Gasteiger partial charge in [0.2, 0.25) is 0 Å². The second-order valence-corrected chi connectivity index (χ2v) is 8.27. The van der Waals surface area contributed by atoms with Gasteiger partial charge in [0, 0.05) is 12.7 Å². The molecule has 0 saturated carbocycles. The Balaban J connectivity index is 2.03. The molecule has 0 radical (unpaired) electrons. The van der Waals surface area contributed by atoms with Gasteiger partial charge < -0.3 is 15.2 Å². The maximum absolute atomic E-state index is 14.4. The van der Waals surface area contributed by atoms with E-state index in [1.54, 1.807) is 32.9 Å². The van der Waals surface area contributed by atoms with Crippen molar-refractivity contribution in [3.05, 3.63) is 53.6 Å². The van der Waals surface area contributed by atoms with Gasteiger partial charge in [-0.2, -0.15) is 0 Å². The molecule has 0 saturated heterocycles. The summed E-state index contributed by atoms with van der Waals surface area (Å²) in [5.74, 6) is -2.16. The molecule has 1 amide bonds. The molecule has 10 heteroatoms. The van der Waals surface area contributed by atoms with Crippen molar-refractivity contribution in [2.75, 3.05) is 11.4 Å². The number of pyridine rings is 1. The van der Waals surface area contributed by atoms with Gasteiger partial charge in [-0.1, -0.05) is 6.07 Å². The lowest BCUT2D eigenvalue weighted by atomic mass is 9.83. The average molecular weight is 441 g/mol. The predicted octanol–water partition coefficient (Wildman–Crippen LogP) is 4.86. The van der Waals surface area contributed by atoms with Crippen molar-refractivity contribution in [1.29, 1.82) is 0 Å². The first-order valence-corrected chi connectivity index (χ1v) is 9.61. The summed E-state index contributed by atoms with van der Waals surface area (Å²) in [5, 5.41) is 0. The summed E-state index contributed by atoms with van der Waals surface area (Å²) < 4.78 is 61.0. The van der Waals surface area contributed by atoms with Crippen molar-refractivity contribution in [2.45, 2.75) is 51.1 Å². The molecule has 2 N–H and O–H groups in total. The number of hydrogen-bond acceptors (Lipinski definition) is 5. The molecule has 0 spiro atoms. The maximum atomic E-state index is 14.4. The van der Waals surface area contributed by atoms with Gasteiger partial charge in [-0.05, 0) is 63.4 Å². The van der Waals surface area contributed by atoms with Gasteiger partial charge in [-0.15, -0.1) is 13.2 Å². The number of fused-ring (bicyclic) bond motifs is 1. The smallest absolute Gasteiger partial charge is 0.443 e. The van der Waals surface area contributed by atoms with Crippen LogP contribution in [0.15, 0.2) is 36.5 Å². The van der Waals surface area contributed by atoms with E-state index in [1.165, 1.54) is 17.2 Å². The minimum Gasteiger partial charge on any atom is -0.443 e. The standard InChI is InChI=1S/C21H23F4N3O3/c1-19(2,3)31-18(29)28-11-5-9-20(26,17-15(28)6-4-10-27-17)13-7-8-16(14(22)12-13)30-21(23,24)25/h4,6-8,10,12H,5,9,11,26H2,1-3H3/t20-/m0/s1. The summed E-state index contributed by atoms with van der Waals surface area (Å²) in [6, 6.07) is 6.33. The molecule has 1 aromatic carbocycles. The van der Waals surface area contributed by atoms with E-state index < -0.39 is 35.2 Å². The molecule has 0 unspecified atom stereocenters. The summed E-state index contributed by atoms with van der Waals surface area (Å²) in [6.45, 7) is 5.51. The Morgan fingerprint density at radius 2 is 1.94 bits per heavy atom. The first-order valence-electron chi connectivity index (χ1n) is 9.61. The molecule has 1 aliphatic rings. The van der Waals surface area contributed by atoms with E-state index in [9.17, 15) is 22.4 Å². The lowest BCUT2D eigenvalue weighted by Gasteiger charge is -2.31. The molecule has 1 aliphatic heterocycles. The van der Waals surface area contributed by atoms with Crippen molar-refractivity contribution in [3.63, 3.8) is 0 Å². The Morgan fingerprint density at radius 3 is 2.55 bits per heavy atom. The van der Waals surface area contributed by atoms with Gasteiger partial charge in [0.15, 0.2) is 11.6 Å². The summed E-state index contributed by atoms with van der Waals surface area (Å²) in [7, 11) is 0. The molecule has 31 heavy (non-hydrogen) atoms. The monoisotopic (exact) mass is 441 g/mol. The van der Waals surface area contributed by atoms with E-state index in [0.29, 0.717) is 17.8 Å². The van der Waals surface area contributed by atoms with E-state index in [1.807, 2.05) is 0 Å². The Kier molecular flexibility index (Phi) is 5.88. The van der Waals surface area contributed by atoms with Crippen LogP contribution < -0.4 is 15.4 Å². The third-order valence-corrected chi connectivity index (χ3v) is 4.74. The fraction of sp³-hybridized carbons (Fsp3) is 0.429. The topological polar surface area (TPSA) is 77.7 Å². The zero-order chi connectivity index (χ0) is 23.0. The number of aromatic nitrogens is 1. The highest BCUT2D eigenvalue weighted by atomic mass is 19.4. The molecule has 1 atom stereocenters. The molecule has 2 heterocycles. The largest absolute Gasteiger partial charge is 0.573 e. The number of carbonyl (C=O) groups excluding carboxylic acids is 1. The van der Waals surface area contributed by atoms with Crippen LogP contribution >= 0.6 is 0 Å². The normalized spacial score (nSPS) is 19.4. The summed E-state index contributed by atoms with van der Waals surface area (Å²) >= 11 is 0. The van der Waals surface area contributed by atoms with Crippen molar-refractivity contribution in [2.24, 2.45) is 5.73 Å². The number of nitrogens with two attached hydrogens (primary N) is 1. The van der Waals surface area contributed by atoms with Crippen LogP contribution in [-0.2, 0) is 10.3 Å². The number of nitrogens with zero attached hydrogens (tertiary/aromatic N) is 2. The fourth-order valence-corrected chi connectivity index (χ4v) is 3.49. The average Bonchev–Trinajstić information content (AvgIpc) is 2.79. The van der Waals surface area contributed by atoms with E-state index >= 15 is 0 Å². The number of amides is 1. The molecule has 0 bridgehead atoms. The van der Waals surface area contributed by atoms with Crippen molar-refractivity contribution >= 4 is 11.8 Å². The molecule has 2 aromatic rings. The zero-order valence-corrected chi connectivity index (χ0v) is 17.3. The number of anilines is 1. The molecule has 168 valence electrons. The van der Waals surface area contributed by atoms with Crippen molar-refractivity contribution < 1.29 is 31.8 Å². The lowest BCUT2D eigenvalue weighted by molar-refractivity contribution is -0.275. The Hall–Kier alpha value is -2.88. The Labute approximate surface area is 177 Å². The number of alkyl halides is 3. The van der Waals surface area contributed by atoms with Crippen molar-refractivity contribution in [3.8, 4) is 5.75 Å². The molecule has 6 nitrogen and oxygen atoms in total. The summed E-state index contributed by atoms with van der Waals surface area (Å²) in [6.07, 6.45) is -3.42. The van der Waals surface area contributed by atoms with Gasteiger partial charge in [0.1, 0.15) is 5.60 Å². The molecule has 0 fully saturated rings. The predicted molar refractivity (Wildman–Crippen MR) is 105 cm³/mol. The molecule has 3 rings (SSSR count). The van der Waals surface area contributed by atoms with Gasteiger partial charge in [-0.3, -0.25) is 9.88 Å². The number of hydrogen-bond donors (Lipinski definition) is 1. The minimum atomic E-state index is -5.02. The van der Waals surface area contributed by atoms with Crippen LogP contribution in [0.25, 0.3) is 0 Å². The number of ether oxygens (including phenoxy) is 2. The third-order valence-electron chi connectivity index (χ3n) is 4.74. The van der Waals surface area contributed by atoms with E-state index in [-0.39, 0.29) is 18.5 Å². The lowest BCUT2D eigenvalue weighted by Crippen LogP contribution is -2.40. The van der Waals surface area contributed by atoms with Crippen LogP contribution in [0.5, 0.6) is 5.75 Å². The third kappa shape index (κ3) is 5.07. The molecule has 1 aromatic heterocycles. The Bertz CT molecular complexity index is 975. The summed E-state index contributed by atoms with van der Waals surface area (Å²) in [4.78, 5) is 18.5. The van der Waals surface area contributed by atoms with Gasteiger partial charge in [0.05, 0.1) is 16.9 Å². The summed E-state index contributed by atoms with van der Waals surface area (Å²) in [5.41, 5.74) is 5.50. The fourth-order valence-electron chi connectivity index (χ4n) is 3.49. The zero-order valence-electron chi connectivity index (χ0n) is 17.3. The number of benzene rings is 1. The molecular formula is C21H23F4N3O3. The van der Waals surface area contributed by atoms with Crippen LogP contribution in [0.1, 0.15) is 44.9 Å². The SMILES string of the molecule is CC(C)(C)OC(=O)N1CCC[C@](N)(c2ccc(OC(F)(F)F)c(F)c2)c2ncccc21. The van der Waals surface area contributed by atoms with Crippen LogP contribution in [0, 0.1) is 5.82 Å².